The van der Waals surface area contributed by atoms with E-state index in [1.165, 1.54) is 38.5 Å². The number of hydrogen-bond donors (Lipinski definition) is 0. The van der Waals surface area contributed by atoms with Crippen molar-refractivity contribution in [1.82, 2.24) is 0 Å². The van der Waals surface area contributed by atoms with Gasteiger partial charge >= 0.3 is 0 Å². The lowest BCUT2D eigenvalue weighted by Crippen LogP contribution is -2.08. The van der Waals surface area contributed by atoms with Crippen molar-refractivity contribution in [3.05, 3.63) is 0 Å². The highest BCUT2D eigenvalue weighted by Gasteiger charge is 2.18. The third kappa shape index (κ3) is 7.60. The molecule has 0 aromatic carbocycles. The minimum Gasteiger partial charge on any atom is -0.0727 e. The molecule has 0 aliphatic rings. The van der Waals surface area contributed by atoms with Crippen LogP contribution in [0.25, 0.3) is 0 Å². The van der Waals surface area contributed by atoms with Gasteiger partial charge in [-0.1, -0.05) is 77.8 Å². The fourth-order valence-electron chi connectivity index (χ4n) is 1.16. The van der Waals surface area contributed by atoms with E-state index >= 15 is 0 Å². The lowest BCUT2D eigenvalue weighted by molar-refractivity contribution is 0.584. The second-order valence-corrected chi connectivity index (χ2v) is 7.47. The molecule has 0 radical (unpaired) electrons. The van der Waals surface area contributed by atoms with Crippen molar-refractivity contribution in [2.45, 2.75) is 62.0 Å². The highest BCUT2D eigenvalue weighted by atomic mass is 79.9. The van der Waals surface area contributed by atoms with Gasteiger partial charge in [0.25, 0.3) is 0 Å². The summed E-state index contributed by atoms with van der Waals surface area (Å²) in [5.74, 6) is 0. The predicted molar refractivity (Wildman–Crippen MR) is 64.3 cm³/mol. The Morgan fingerprint density at radius 1 is 0.917 bits per heavy atom. The Hall–Kier alpha value is 0.960. The summed E-state index contributed by atoms with van der Waals surface area (Å²) in [6.07, 6.45) is 9.24. The van der Waals surface area contributed by atoms with Gasteiger partial charge in [-0.15, -0.1) is 0 Å². The number of unbranched alkanes of at least 4 members (excludes halogenated alkanes) is 4. The number of alkyl halides is 2. The zero-order valence-corrected chi connectivity index (χ0v) is 11.4. The minimum atomic E-state index is 0.214. The van der Waals surface area contributed by atoms with Crippen molar-refractivity contribution in [3.8, 4) is 0 Å². The zero-order chi connectivity index (χ0) is 9.45. The normalized spacial score (nSPS) is 12.0. The Balaban J connectivity index is 3.19. The van der Waals surface area contributed by atoms with Crippen LogP contribution in [-0.4, -0.2) is 3.23 Å². The highest BCUT2D eigenvalue weighted by Crippen LogP contribution is 2.35. The van der Waals surface area contributed by atoms with Gasteiger partial charge in [0.15, 0.2) is 0 Å². The summed E-state index contributed by atoms with van der Waals surface area (Å²) in [4.78, 5) is 0. The zero-order valence-electron chi connectivity index (χ0n) is 8.21. The maximum absolute atomic E-state index is 3.67. The van der Waals surface area contributed by atoms with Gasteiger partial charge in [-0.05, 0) is 12.8 Å². The summed E-state index contributed by atoms with van der Waals surface area (Å²) < 4.78 is 0.214. The van der Waals surface area contributed by atoms with E-state index in [0.717, 1.165) is 6.42 Å². The highest BCUT2D eigenvalue weighted by molar-refractivity contribution is 9.25. The van der Waals surface area contributed by atoms with Crippen LogP contribution < -0.4 is 0 Å². The first-order valence-corrected chi connectivity index (χ1v) is 6.59. The van der Waals surface area contributed by atoms with E-state index in [-0.39, 0.29) is 3.23 Å². The molecular formula is C10H20Br2. The molecule has 0 aromatic heterocycles. The molecule has 0 amide bonds. The number of hydrogen-bond acceptors (Lipinski definition) is 0. The van der Waals surface area contributed by atoms with E-state index < -0.39 is 0 Å². The van der Waals surface area contributed by atoms with Gasteiger partial charge in [0.2, 0.25) is 0 Å². The Kier molecular flexibility index (Phi) is 7.96. The Labute approximate surface area is 93.8 Å². The topological polar surface area (TPSA) is 0 Å². The molecule has 0 aromatic rings. The van der Waals surface area contributed by atoms with Crippen molar-refractivity contribution < 1.29 is 0 Å². The fraction of sp³-hybridized carbons (Fsp3) is 1.00. The average molecular weight is 300 g/mol. The molecule has 2 heteroatoms. The number of halogens is 2. The standard InChI is InChI=1S/C10H20Br2/c1-3-5-6-7-8-9-10(11,12)4-2/h3-9H2,1-2H3. The summed E-state index contributed by atoms with van der Waals surface area (Å²) in [6, 6.07) is 0. The maximum atomic E-state index is 3.67. The third-order valence-electron chi connectivity index (χ3n) is 2.16. The van der Waals surface area contributed by atoms with Crippen molar-refractivity contribution in [3.63, 3.8) is 0 Å². The predicted octanol–water partition coefficient (Wildman–Crippen LogP) is 5.24. The molecule has 12 heavy (non-hydrogen) atoms. The van der Waals surface area contributed by atoms with Gasteiger partial charge in [-0.3, -0.25) is 0 Å². The Morgan fingerprint density at radius 2 is 1.50 bits per heavy atom. The first kappa shape index (κ1) is 13.0. The molecule has 0 unspecified atom stereocenters. The maximum Gasteiger partial charge on any atom is 0.0803 e. The van der Waals surface area contributed by atoms with Crippen LogP contribution in [0.3, 0.4) is 0 Å². The van der Waals surface area contributed by atoms with Crippen LogP contribution in [0, 0.1) is 0 Å². The largest absolute Gasteiger partial charge is 0.0803 e. The molecule has 0 aliphatic heterocycles. The second-order valence-electron chi connectivity index (χ2n) is 3.37. The summed E-state index contributed by atoms with van der Waals surface area (Å²) in [5, 5.41) is 0. The van der Waals surface area contributed by atoms with Crippen molar-refractivity contribution >= 4 is 31.9 Å². The molecule has 0 atom stereocenters. The summed E-state index contributed by atoms with van der Waals surface area (Å²) in [6.45, 7) is 4.46. The molecule has 0 saturated heterocycles. The van der Waals surface area contributed by atoms with E-state index in [2.05, 4.69) is 45.7 Å². The molecule has 74 valence electrons. The molecule has 0 aliphatic carbocycles. The smallest absolute Gasteiger partial charge is 0.0727 e. The third-order valence-corrected chi connectivity index (χ3v) is 4.08. The summed E-state index contributed by atoms with van der Waals surface area (Å²) in [5.41, 5.74) is 0. The summed E-state index contributed by atoms with van der Waals surface area (Å²) >= 11 is 7.33. The Bertz CT molecular complexity index is 100. The van der Waals surface area contributed by atoms with Crippen molar-refractivity contribution in [1.29, 1.82) is 0 Å². The van der Waals surface area contributed by atoms with Crippen LogP contribution in [0.1, 0.15) is 58.8 Å². The second kappa shape index (κ2) is 7.37. The van der Waals surface area contributed by atoms with Gasteiger partial charge in [-0.2, -0.15) is 0 Å². The fourth-order valence-corrected chi connectivity index (χ4v) is 1.72. The van der Waals surface area contributed by atoms with Crippen LogP contribution in [0.5, 0.6) is 0 Å². The minimum absolute atomic E-state index is 0.214. The quantitative estimate of drug-likeness (QED) is 0.445. The van der Waals surface area contributed by atoms with E-state index in [1.54, 1.807) is 0 Å². The molecule has 0 fully saturated rings. The lowest BCUT2D eigenvalue weighted by atomic mass is 10.1. The SMILES string of the molecule is CCCCCCCC(Br)(Br)CC. The van der Waals surface area contributed by atoms with Gasteiger partial charge in [-0.25, -0.2) is 0 Å². The molecule has 0 rings (SSSR count). The first-order chi connectivity index (χ1) is 5.62. The van der Waals surface area contributed by atoms with E-state index in [4.69, 9.17) is 0 Å². The van der Waals surface area contributed by atoms with Crippen LogP contribution in [0.15, 0.2) is 0 Å². The van der Waals surface area contributed by atoms with Crippen molar-refractivity contribution in [2.75, 3.05) is 0 Å². The van der Waals surface area contributed by atoms with Crippen LogP contribution in [0.2, 0.25) is 0 Å². The van der Waals surface area contributed by atoms with Crippen molar-refractivity contribution in [2.24, 2.45) is 0 Å². The molecular weight excluding hydrogens is 280 g/mol. The average Bonchev–Trinajstić information content (AvgIpc) is 2.04. The monoisotopic (exact) mass is 298 g/mol. The molecule has 0 spiro atoms. The molecule has 0 heterocycles. The number of rotatable bonds is 7. The van der Waals surface area contributed by atoms with E-state index in [9.17, 15) is 0 Å². The van der Waals surface area contributed by atoms with Crippen LogP contribution in [0.4, 0.5) is 0 Å². The lowest BCUT2D eigenvalue weighted by Gasteiger charge is -2.17. The molecule has 0 nitrogen and oxygen atoms in total. The van der Waals surface area contributed by atoms with Crippen LogP contribution in [-0.2, 0) is 0 Å². The van der Waals surface area contributed by atoms with Gasteiger partial charge in [0.05, 0.1) is 3.23 Å². The molecule has 0 saturated carbocycles. The van der Waals surface area contributed by atoms with Gasteiger partial charge in [0, 0.05) is 0 Å². The molecule has 0 bridgehead atoms. The van der Waals surface area contributed by atoms with Gasteiger partial charge < -0.3 is 0 Å². The van der Waals surface area contributed by atoms with Gasteiger partial charge in [0.1, 0.15) is 0 Å². The molecule has 0 N–H and O–H groups in total. The van der Waals surface area contributed by atoms with E-state index in [0.29, 0.717) is 0 Å². The van der Waals surface area contributed by atoms with Crippen LogP contribution >= 0.6 is 31.9 Å². The Morgan fingerprint density at radius 3 is 2.00 bits per heavy atom. The van der Waals surface area contributed by atoms with E-state index in [1.807, 2.05) is 0 Å². The first-order valence-electron chi connectivity index (χ1n) is 5.00. The summed E-state index contributed by atoms with van der Waals surface area (Å²) in [7, 11) is 0.